The molecule has 0 bridgehead atoms. The summed E-state index contributed by atoms with van der Waals surface area (Å²) in [4.78, 5) is 4.59. The van der Waals surface area contributed by atoms with Crippen molar-refractivity contribution in [1.29, 1.82) is 0 Å². The number of aromatic nitrogens is 3. The van der Waals surface area contributed by atoms with Crippen LogP contribution in [0.4, 0.5) is 0 Å². The summed E-state index contributed by atoms with van der Waals surface area (Å²) in [5.41, 5.74) is 1.17. The number of ether oxygens (including phenoxy) is 1. The molecule has 0 spiro atoms. The van der Waals surface area contributed by atoms with E-state index in [0.29, 0.717) is 25.5 Å². The second kappa shape index (κ2) is 9.25. The third-order valence-corrected chi connectivity index (χ3v) is 6.77. The van der Waals surface area contributed by atoms with Crippen LogP contribution in [-0.2, 0) is 29.9 Å². The van der Waals surface area contributed by atoms with Gasteiger partial charge in [0.1, 0.15) is 18.1 Å². The summed E-state index contributed by atoms with van der Waals surface area (Å²) < 4.78 is 30.6. The molecule has 1 saturated heterocycles. The van der Waals surface area contributed by atoms with Gasteiger partial charge in [0.15, 0.2) is 21.6 Å². The number of guanidine groups is 1. The molecule has 3 rings (SSSR count). The van der Waals surface area contributed by atoms with Gasteiger partial charge in [0.2, 0.25) is 0 Å². The van der Waals surface area contributed by atoms with Gasteiger partial charge in [-0.2, -0.15) is 0 Å². The van der Waals surface area contributed by atoms with E-state index in [1.165, 1.54) is 5.56 Å². The highest BCUT2D eigenvalue weighted by Gasteiger charge is 2.28. The van der Waals surface area contributed by atoms with Gasteiger partial charge >= 0.3 is 0 Å². The van der Waals surface area contributed by atoms with Crippen LogP contribution in [0.1, 0.15) is 23.6 Å². The average molecular weight is 421 g/mol. The lowest BCUT2D eigenvalue weighted by Crippen LogP contribution is -2.44. The molecular weight excluding hydrogens is 392 g/mol. The molecular formula is C19H28N6O3S. The third kappa shape index (κ3) is 5.93. The first-order valence-corrected chi connectivity index (χ1v) is 11.4. The number of sulfone groups is 1. The Morgan fingerprint density at radius 1 is 1.31 bits per heavy atom. The van der Waals surface area contributed by atoms with E-state index in [4.69, 9.17) is 4.74 Å². The quantitative estimate of drug-likeness (QED) is 0.498. The van der Waals surface area contributed by atoms with E-state index in [1.807, 2.05) is 42.8 Å². The molecule has 1 aromatic carbocycles. The Labute approximate surface area is 171 Å². The molecule has 1 aliphatic heterocycles. The van der Waals surface area contributed by atoms with Crippen LogP contribution in [-0.4, -0.2) is 60.3 Å². The van der Waals surface area contributed by atoms with E-state index in [-0.39, 0.29) is 17.5 Å². The highest BCUT2D eigenvalue weighted by molar-refractivity contribution is 7.91. The number of hydrogen-bond donors (Lipinski definition) is 2. The summed E-state index contributed by atoms with van der Waals surface area (Å²) in [6.07, 6.45) is 1.39. The van der Waals surface area contributed by atoms with Crippen molar-refractivity contribution < 1.29 is 13.2 Å². The van der Waals surface area contributed by atoms with Gasteiger partial charge in [-0.15, -0.1) is 10.2 Å². The second-order valence-electron chi connectivity index (χ2n) is 7.16. The molecule has 0 aliphatic carbocycles. The van der Waals surface area contributed by atoms with Crippen molar-refractivity contribution in [1.82, 2.24) is 25.4 Å². The fourth-order valence-corrected chi connectivity index (χ4v) is 4.78. The molecule has 9 nitrogen and oxygen atoms in total. The van der Waals surface area contributed by atoms with Crippen LogP contribution in [0.2, 0.25) is 0 Å². The zero-order valence-electron chi connectivity index (χ0n) is 17.1. The van der Waals surface area contributed by atoms with Crippen LogP contribution in [0, 0.1) is 6.92 Å². The van der Waals surface area contributed by atoms with Gasteiger partial charge < -0.3 is 19.9 Å². The maximum atomic E-state index is 11.8. The standard InChI is InChI=1S/C19H28N6O3S/c1-14-23-24-18(25(14)2)12-21-19(22-16-9-11-29(26,27)13-16)20-10-8-15-4-6-17(28-3)7-5-15/h4-7,16H,8-13H2,1-3H3,(H2,20,21,22). The lowest BCUT2D eigenvalue weighted by Gasteiger charge is -2.17. The summed E-state index contributed by atoms with van der Waals surface area (Å²) >= 11 is 0. The molecule has 0 saturated carbocycles. The van der Waals surface area contributed by atoms with E-state index >= 15 is 0 Å². The molecule has 1 aliphatic rings. The summed E-state index contributed by atoms with van der Waals surface area (Å²) in [5, 5.41) is 14.7. The van der Waals surface area contributed by atoms with Crippen LogP contribution >= 0.6 is 0 Å². The number of nitrogens with one attached hydrogen (secondary N) is 2. The van der Waals surface area contributed by atoms with Crippen molar-refractivity contribution in [2.75, 3.05) is 25.2 Å². The fourth-order valence-electron chi connectivity index (χ4n) is 3.11. The monoisotopic (exact) mass is 420 g/mol. The maximum absolute atomic E-state index is 11.8. The maximum Gasteiger partial charge on any atom is 0.191 e. The van der Waals surface area contributed by atoms with Gasteiger partial charge in [0.05, 0.1) is 18.6 Å². The molecule has 158 valence electrons. The molecule has 2 heterocycles. The first kappa shape index (κ1) is 21.1. The van der Waals surface area contributed by atoms with E-state index in [2.05, 4.69) is 25.8 Å². The highest BCUT2D eigenvalue weighted by Crippen LogP contribution is 2.12. The average Bonchev–Trinajstić information content (AvgIpc) is 3.21. The Kier molecular flexibility index (Phi) is 6.73. The molecule has 2 N–H and O–H groups in total. The van der Waals surface area contributed by atoms with Crippen LogP contribution in [0.5, 0.6) is 5.75 Å². The second-order valence-corrected chi connectivity index (χ2v) is 9.39. The predicted molar refractivity (Wildman–Crippen MR) is 112 cm³/mol. The van der Waals surface area contributed by atoms with Gasteiger partial charge in [0.25, 0.3) is 0 Å². The van der Waals surface area contributed by atoms with Gasteiger partial charge in [-0.3, -0.25) is 0 Å². The molecule has 2 aromatic rings. The minimum atomic E-state index is -2.97. The summed E-state index contributed by atoms with van der Waals surface area (Å²) in [7, 11) is 0.577. The minimum Gasteiger partial charge on any atom is -0.497 e. The first-order chi connectivity index (χ1) is 13.9. The van der Waals surface area contributed by atoms with Crippen LogP contribution in [0.3, 0.4) is 0 Å². The molecule has 29 heavy (non-hydrogen) atoms. The third-order valence-electron chi connectivity index (χ3n) is 5.00. The molecule has 1 fully saturated rings. The van der Waals surface area contributed by atoms with Crippen molar-refractivity contribution in [2.45, 2.75) is 32.4 Å². The number of nitrogens with zero attached hydrogens (tertiary/aromatic N) is 4. The number of rotatable bonds is 7. The minimum absolute atomic E-state index is 0.131. The molecule has 1 unspecified atom stereocenters. The molecule has 0 radical (unpaired) electrons. The molecule has 0 amide bonds. The Morgan fingerprint density at radius 2 is 2.07 bits per heavy atom. The number of aryl methyl sites for hydroxylation is 1. The van der Waals surface area contributed by atoms with Crippen LogP contribution in [0.15, 0.2) is 29.3 Å². The largest absolute Gasteiger partial charge is 0.497 e. The smallest absolute Gasteiger partial charge is 0.191 e. The normalized spacial score (nSPS) is 18.6. The van der Waals surface area contributed by atoms with Crippen molar-refractivity contribution in [3.8, 4) is 5.75 Å². The predicted octanol–water partition coefficient (Wildman–Crippen LogP) is 0.597. The fraction of sp³-hybridized carbons (Fsp3) is 0.526. The van der Waals surface area contributed by atoms with Gasteiger partial charge in [-0.1, -0.05) is 12.1 Å². The van der Waals surface area contributed by atoms with Gasteiger partial charge in [-0.25, -0.2) is 13.4 Å². The van der Waals surface area contributed by atoms with Gasteiger partial charge in [-0.05, 0) is 37.5 Å². The van der Waals surface area contributed by atoms with Crippen molar-refractivity contribution in [2.24, 2.45) is 12.0 Å². The van der Waals surface area contributed by atoms with Crippen molar-refractivity contribution in [3.63, 3.8) is 0 Å². The van der Waals surface area contributed by atoms with Gasteiger partial charge in [0, 0.05) is 19.6 Å². The topological polar surface area (TPSA) is 110 Å². The van der Waals surface area contributed by atoms with E-state index in [1.54, 1.807) is 7.11 Å². The van der Waals surface area contributed by atoms with E-state index in [0.717, 1.165) is 23.8 Å². The summed E-state index contributed by atoms with van der Waals surface area (Å²) in [6.45, 7) is 2.90. The molecule has 1 aromatic heterocycles. The van der Waals surface area contributed by atoms with Crippen molar-refractivity contribution in [3.05, 3.63) is 41.5 Å². The lowest BCUT2D eigenvalue weighted by molar-refractivity contribution is 0.414. The number of benzene rings is 1. The Bertz CT molecular complexity index is 953. The van der Waals surface area contributed by atoms with Crippen LogP contribution < -0.4 is 15.4 Å². The SMILES string of the molecule is COc1ccc(CCNC(=NCc2nnc(C)n2C)NC2CCS(=O)(=O)C2)cc1. The Balaban J connectivity index is 1.62. The van der Waals surface area contributed by atoms with E-state index in [9.17, 15) is 8.42 Å². The van der Waals surface area contributed by atoms with E-state index < -0.39 is 9.84 Å². The molecule has 1 atom stereocenters. The Morgan fingerprint density at radius 3 is 2.66 bits per heavy atom. The Hall–Kier alpha value is -2.62. The first-order valence-electron chi connectivity index (χ1n) is 9.59. The van der Waals surface area contributed by atoms with Crippen molar-refractivity contribution >= 4 is 15.8 Å². The number of hydrogen-bond acceptors (Lipinski definition) is 6. The zero-order valence-corrected chi connectivity index (χ0v) is 17.9. The highest BCUT2D eigenvalue weighted by atomic mass is 32.2. The number of aliphatic imine (C=N–C) groups is 1. The lowest BCUT2D eigenvalue weighted by atomic mass is 10.1. The summed E-state index contributed by atoms with van der Waals surface area (Å²) in [6, 6.07) is 7.78. The summed E-state index contributed by atoms with van der Waals surface area (Å²) in [5.74, 6) is 3.33. The molecule has 10 heteroatoms. The zero-order chi connectivity index (χ0) is 20.9. The van der Waals surface area contributed by atoms with Crippen LogP contribution in [0.25, 0.3) is 0 Å². The number of methoxy groups -OCH3 is 1.